The van der Waals surface area contributed by atoms with E-state index >= 15 is 0 Å². The molecule has 76 valence electrons. The van der Waals surface area contributed by atoms with Gasteiger partial charge < -0.3 is 10.2 Å². The van der Waals surface area contributed by atoms with Crippen LogP contribution >= 0.6 is 0 Å². The van der Waals surface area contributed by atoms with Crippen molar-refractivity contribution < 1.29 is 4.39 Å². The lowest BCUT2D eigenvalue weighted by Gasteiger charge is -2.12. The van der Waals surface area contributed by atoms with Crippen molar-refractivity contribution in [1.29, 1.82) is 0 Å². The van der Waals surface area contributed by atoms with Crippen molar-refractivity contribution in [3.05, 3.63) is 24.1 Å². The Kier molecular flexibility index (Phi) is 2.63. The minimum absolute atomic E-state index is 0.293. The summed E-state index contributed by atoms with van der Waals surface area (Å²) in [6, 6.07) is 3.54. The average Bonchev–Trinajstić information content (AvgIpc) is 2.56. The quantitative estimate of drug-likeness (QED) is 0.771. The molecule has 3 nitrogen and oxygen atoms in total. The van der Waals surface area contributed by atoms with Gasteiger partial charge in [-0.3, -0.25) is 0 Å². The van der Waals surface area contributed by atoms with Gasteiger partial charge in [-0.15, -0.1) is 0 Å². The minimum atomic E-state index is -0.293. The molecular formula is C10H14FN3. The lowest BCUT2D eigenvalue weighted by Crippen LogP contribution is -2.23. The highest BCUT2D eigenvalue weighted by Crippen LogP contribution is 2.12. The van der Waals surface area contributed by atoms with Crippen molar-refractivity contribution in [1.82, 2.24) is 9.88 Å². The number of halogens is 1. The van der Waals surface area contributed by atoms with Gasteiger partial charge in [0, 0.05) is 12.6 Å². The maximum Gasteiger partial charge on any atom is 0.141 e. The molecule has 4 heteroatoms. The predicted octanol–water partition coefficient (Wildman–Crippen LogP) is 1.34. The first-order chi connectivity index (χ1) is 6.74. The third-order valence-electron chi connectivity index (χ3n) is 2.47. The van der Waals surface area contributed by atoms with Crippen LogP contribution in [-0.2, 0) is 0 Å². The van der Waals surface area contributed by atoms with Gasteiger partial charge in [-0.1, -0.05) is 0 Å². The van der Waals surface area contributed by atoms with Crippen LogP contribution in [-0.4, -0.2) is 36.1 Å². The summed E-state index contributed by atoms with van der Waals surface area (Å²) in [5.41, 5.74) is 0. The number of nitrogens with one attached hydrogen (secondary N) is 1. The highest BCUT2D eigenvalue weighted by Gasteiger charge is 2.18. The summed E-state index contributed by atoms with van der Waals surface area (Å²) < 4.78 is 12.6. The van der Waals surface area contributed by atoms with E-state index in [1.165, 1.54) is 12.3 Å². The predicted molar refractivity (Wildman–Crippen MR) is 53.7 cm³/mol. The first kappa shape index (κ1) is 9.40. The third-order valence-corrected chi connectivity index (χ3v) is 2.47. The summed E-state index contributed by atoms with van der Waals surface area (Å²) in [5, 5.41) is 3.28. The highest BCUT2D eigenvalue weighted by atomic mass is 19.1. The molecule has 1 fully saturated rings. The highest BCUT2D eigenvalue weighted by molar-refractivity contribution is 5.35. The summed E-state index contributed by atoms with van der Waals surface area (Å²) in [6.07, 6.45) is 2.36. The molecule has 2 rings (SSSR count). The fraction of sp³-hybridized carbons (Fsp3) is 0.500. The molecule has 1 saturated heterocycles. The second-order valence-electron chi connectivity index (χ2n) is 3.75. The fourth-order valence-corrected chi connectivity index (χ4v) is 1.72. The second kappa shape index (κ2) is 3.92. The Labute approximate surface area is 82.9 Å². The van der Waals surface area contributed by atoms with Gasteiger partial charge in [0.1, 0.15) is 11.6 Å². The van der Waals surface area contributed by atoms with Gasteiger partial charge in [0.25, 0.3) is 0 Å². The van der Waals surface area contributed by atoms with Crippen LogP contribution in [0.1, 0.15) is 6.42 Å². The van der Waals surface area contributed by atoms with Gasteiger partial charge in [0.05, 0.1) is 6.20 Å². The summed E-state index contributed by atoms with van der Waals surface area (Å²) >= 11 is 0. The van der Waals surface area contributed by atoms with E-state index in [1.807, 2.05) is 0 Å². The van der Waals surface area contributed by atoms with E-state index in [2.05, 4.69) is 22.2 Å². The number of pyridine rings is 1. The van der Waals surface area contributed by atoms with Crippen molar-refractivity contribution in [3.63, 3.8) is 0 Å². The third kappa shape index (κ3) is 2.20. The smallest absolute Gasteiger partial charge is 0.141 e. The van der Waals surface area contributed by atoms with Crippen molar-refractivity contribution >= 4 is 5.82 Å². The second-order valence-corrected chi connectivity index (χ2v) is 3.75. The molecule has 1 unspecified atom stereocenters. The maximum absolute atomic E-state index is 12.6. The maximum atomic E-state index is 12.6. The number of rotatable bonds is 2. The Balaban J connectivity index is 1.94. The summed E-state index contributed by atoms with van der Waals surface area (Å²) in [5.74, 6) is 0.464. The zero-order chi connectivity index (χ0) is 9.97. The molecule has 2 heterocycles. The van der Waals surface area contributed by atoms with Gasteiger partial charge in [-0.25, -0.2) is 9.37 Å². The van der Waals surface area contributed by atoms with E-state index in [9.17, 15) is 4.39 Å². The topological polar surface area (TPSA) is 28.2 Å². The Hall–Kier alpha value is -1.16. The Morgan fingerprint density at radius 2 is 2.43 bits per heavy atom. The van der Waals surface area contributed by atoms with Crippen LogP contribution in [0.15, 0.2) is 18.3 Å². The largest absolute Gasteiger partial charge is 0.366 e. The van der Waals surface area contributed by atoms with Crippen LogP contribution in [0.4, 0.5) is 10.2 Å². The van der Waals surface area contributed by atoms with Crippen molar-refractivity contribution in [2.75, 3.05) is 25.5 Å². The molecule has 0 bridgehead atoms. The molecule has 14 heavy (non-hydrogen) atoms. The molecule has 0 radical (unpaired) electrons. The number of hydrogen-bond donors (Lipinski definition) is 1. The molecular weight excluding hydrogens is 181 g/mol. The van der Waals surface area contributed by atoms with E-state index in [0.717, 1.165) is 25.3 Å². The van der Waals surface area contributed by atoms with E-state index < -0.39 is 0 Å². The van der Waals surface area contributed by atoms with E-state index in [-0.39, 0.29) is 5.82 Å². The number of likely N-dealkylation sites (N-methyl/N-ethyl adjacent to an activating group) is 1. The molecule has 0 amide bonds. The van der Waals surface area contributed by atoms with Crippen LogP contribution in [0.3, 0.4) is 0 Å². The Morgan fingerprint density at radius 3 is 3.00 bits per heavy atom. The monoisotopic (exact) mass is 195 g/mol. The van der Waals surface area contributed by atoms with Gasteiger partial charge in [0.2, 0.25) is 0 Å². The van der Waals surface area contributed by atoms with E-state index in [4.69, 9.17) is 0 Å². The number of anilines is 1. The Bertz CT molecular complexity index is 299. The number of likely N-dealkylation sites (tertiary alicyclic amines) is 1. The van der Waals surface area contributed by atoms with Crippen molar-refractivity contribution in [2.24, 2.45) is 0 Å². The summed E-state index contributed by atoms with van der Waals surface area (Å²) in [4.78, 5) is 6.23. The molecule has 0 aliphatic carbocycles. The number of hydrogen-bond acceptors (Lipinski definition) is 3. The zero-order valence-electron chi connectivity index (χ0n) is 8.20. The van der Waals surface area contributed by atoms with Gasteiger partial charge in [0.15, 0.2) is 0 Å². The normalized spacial score (nSPS) is 22.6. The zero-order valence-corrected chi connectivity index (χ0v) is 8.20. The standard InChI is InChI=1S/C10H14FN3/c1-14-5-4-9(7-14)13-10-3-2-8(11)6-12-10/h2-3,6,9H,4-5,7H2,1H3,(H,12,13). The average molecular weight is 195 g/mol. The van der Waals surface area contributed by atoms with Crippen LogP contribution < -0.4 is 5.32 Å². The number of aromatic nitrogens is 1. The van der Waals surface area contributed by atoms with Gasteiger partial charge in [-0.2, -0.15) is 0 Å². The molecule has 0 aromatic carbocycles. The molecule has 1 N–H and O–H groups in total. The van der Waals surface area contributed by atoms with E-state index in [0.29, 0.717) is 6.04 Å². The molecule has 1 aromatic rings. The van der Waals surface area contributed by atoms with E-state index in [1.54, 1.807) is 6.07 Å². The molecule has 1 aromatic heterocycles. The SMILES string of the molecule is CN1CCC(Nc2ccc(F)cn2)C1. The first-order valence-corrected chi connectivity index (χ1v) is 4.80. The van der Waals surface area contributed by atoms with Gasteiger partial charge in [-0.05, 0) is 32.1 Å². The molecule has 1 atom stereocenters. The van der Waals surface area contributed by atoms with Crippen molar-refractivity contribution in [2.45, 2.75) is 12.5 Å². The summed E-state index contributed by atoms with van der Waals surface area (Å²) in [7, 11) is 2.10. The first-order valence-electron chi connectivity index (χ1n) is 4.80. The molecule has 0 spiro atoms. The van der Waals surface area contributed by atoms with Crippen LogP contribution in [0.5, 0.6) is 0 Å². The lowest BCUT2D eigenvalue weighted by molar-refractivity contribution is 0.414. The number of nitrogens with zero attached hydrogens (tertiary/aromatic N) is 2. The Morgan fingerprint density at radius 1 is 1.57 bits per heavy atom. The van der Waals surface area contributed by atoms with Crippen LogP contribution in [0, 0.1) is 5.82 Å². The minimum Gasteiger partial charge on any atom is -0.366 e. The fourth-order valence-electron chi connectivity index (χ4n) is 1.72. The molecule has 1 aliphatic rings. The van der Waals surface area contributed by atoms with Crippen LogP contribution in [0.25, 0.3) is 0 Å². The molecule has 0 saturated carbocycles. The summed E-state index contributed by atoms with van der Waals surface area (Å²) in [6.45, 7) is 2.14. The lowest BCUT2D eigenvalue weighted by atomic mass is 10.2. The molecule has 1 aliphatic heterocycles. The van der Waals surface area contributed by atoms with Crippen molar-refractivity contribution in [3.8, 4) is 0 Å². The van der Waals surface area contributed by atoms with Gasteiger partial charge >= 0.3 is 0 Å². The van der Waals surface area contributed by atoms with Crippen LogP contribution in [0.2, 0.25) is 0 Å².